The van der Waals surface area contributed by atoms with E-state index in [1.807, 2.05) is 48.3 Å². The minimum absolute atomic E-state index is 0.324. The molecule has 0 saturated carbocycles. The number of hydrogen-bond donors (Lipinski definition) is 1. The summed E-state index contributed by atoms with van der Waals surface area (Å²) < 4.78 is 0. The first-order chi connectivity index (χ1) is 7.77. The Labute approximate surface area is 95.0 Å². The van der Waals surface area contributed by atoms with E-state index in [4.69, 9.17) is 0 Å². The molecule has 0 bridgehead atoms. The number of phenolic OH excluding ortho intramolecular Hbond substituents is 1. The third-order valence-corrected chi connectivity index (χ3v) is 2.44. The van der Waals surface area contributed by atoms with Gasteiger partial charge in [0, 0.05) is 25.4 Å². The molecule has 1 aromatic carbocycles. The lowest BCUT2D eigenvalue weighted by molar-refractivity contribution is 0.467. The van der Waals surface area contributed by atoms with E-state index in [0.717, 1.165) is 11.4 Å². The molecule has 0 amide bonds. The van der Waals surface area contributed by atoms with Crippen molar-refractivity contribution in [2.24, 2.45) is 0 Å². The molecule has 3 heteroatoms. The van der Waals surface area contributed by atoms with Crippen LogP contribution in [0.2, 0.25) is 0 Å². The van der Waals surface area contributed by atoms with Gasteiger partial charge in [-0.3, -0.25) is 0 Å². The van der Waals surface area contributed by atoms with E-state index >= 15 is 0 Å². The number of benzene rings is 1. The van der Waals surface area contributed by atoms with Crippen LogP contribution in [0.15, 0.2) is 48.7 Å². The fraction of sp³-hybridized carbons (Fsp3) is 0.154. The molecular weight excluding hydrogens is 200 g/mol. The molecule has 0 fully saturated rings. The average molecular weight is 214 g/mol. The van der Waals surface area contributed by atoms with Crippen molar-refractivity contribution in [3.63, 3.8) is 0 Å². The Morgan fingerprint density at radius 3 is 2.56 bits per heavy atom. The summed E-state index contributed by atoms with van der Waals surface area (Å²) in [6, 6.07) is 13.1. The molecule has 1 heterocycles. The van der Waals surface area contributed by atoms with Crippen LogP contribution >= 0.6 is 0 Å². The van der Waals surface area contributed by atoms with Gasteiger partial charge in [-0.2, -0.15) is 0 Å². The second-order valence-corrected chi connectivity index (χ2v) is 3.67. The van der Waals surface area contributed by atoms with E-state index in [1.165, 1.54) is 0 Å². The highest BCUT2D eigenvalue weighted by Gasteiger charge is 2.05. The van der Waals surface area contributed by atoms with Crippen molar-refractivity contribution < 1.29 is 5.11 Å². The lowest BCUT2D eigenvalue weighted by Crippen LogP contribution is -2.17. The summed E-state index contributed by atoms with van der Waals surface area (Å²) in [6.07, 6.45) is 1.76. The molecule has 1 aromatic heterocycles. The molecule has 0 radical (unpaired) electrons. The minimum atomic E-state index is 0.324. The van der Waals surface area contributed by atoms with Gasteiger partial charge in [-0.15, -0.1) is 0 Å². The minimum Gasteiger partial charge on any atom is -0.508 e. The van der Waals surface area contributed by atoms with Gasteiger partial charge in [-0.1, -0.05) is 24.3 Å². The maximum absolute atomic E-state index is 9.66. The molecule has 0 aliphatic carbocycles. The van der Waals surface area contributed by atoms with Crippen LogP contribution < -0.4 is 4.90 Å². The summed E-state index contributed by atoms with van der Waals surface area (Å²) in [6.45, 7) is 0.643. The number of rotatable bonds is 3. The van der Waals surface area contributed by atoms with Gasteiger partial charge in [-0.25, -0.2) is 4.98 Å². The maximum Gasteiger partial charge on any atom is 0.128 e. The van der Waals surface area contributed by atoms with Crippen LogP contribution in [0.4, 0.5) is 5.82 Å². The predicted molar refractivity (Wildman–Crippen MR) is 64.5 cm³/mol. The number of hydrogen-bond acceptors (Lipinski definition) is 3. The number of anilines is 1. The summed E-state index contributed by atoms with van der Waals surface area (Å²) in [5.74, 6) is 1.22. The Hall–Kier alpha value is -2.03. The number of para-hydroxylation sites is 1. The number of phenols is 1. The second-order valence-electron chi connectivity index (χ2n) is 3.67. The lowest BCUT2D eigenvalue weighted by Gasteiger charge is -2.18. The molecule has 0 saturated heterocycles. The Bertz CT molecular complexity index is 456. The van der Waals surface area contributed by atoms with Crippen LogP contribution in [0.25, 0.3) is 0 Å². The third kappa shape index (κ3) is 2.31. The van der Waals surface area contributed by atoms with Crippen molar-refractivity contribution in [2.75, 3.05) is 11.9 Å². The van der Waals surface area contributed by atoms with Crippen LogP contribution in [0, 0.1) is 0 Å². The van der Waals surface area contributed by atoms with E-state index < -0.39 is 0 Å². The van der Waals surface area contributed by atoms with E-state index in [9.17, 15) is 5.11 Å². The van der Waals surface area contributed by atoms with Gasteiger partial charge in [0.2, 0.25) is 0 Å². The highest BCUT2D eigenvalue weighted by Crippen LogP contribution is 2.19. The predicted octanol–water partition coefficient (Wildman–Crippen LogP) is 2.42. The van der Waals surface area contributed by atoms with Gasteiger partial charge in [0.05, 0.1) is 0 Å². The zero-order chi connectivity index (χ0) is 11.4. The highest BCUT2D eigenvalue weighted by molar-refractivity contribution is 5.41. The largest absolute Gasteiger partial charge is 0.508 e. The molecule has 0 aliphatic rings. The summed E-state index contributed by atoms with van der Waals surface area (Å²) >= 11 is 0. The highest BCUT2D eigenvalue weighted by atomic mass is 16.3. The normalized spacial score (nSPS) is 10.1. The molecule has 0 aliphatic heterocycles. The van der Waals surface area contributed by atoms with E-state index in [2.05, 4.69) is 4.98 Å². The van der Waals surface area contributed by atoms with Crippen molar-refractivity contribution in [1.29, 1.82) is 0 Å². The zero-order valence-corrected chi connectivity index (χ0v) is 9.17. The number of aromatic hydroxyl groups is 1. The Kier molecular flexibility index (Phi) is 3.05. The molecule has 16 heavy (non-hydrogen) atoms. The molecular formula is C13H14N2O. The maximum atomic E-state index is 9.66. The molecule has 0 atom stereocenters. The first-order valence-corrected chi connectivity index (χ1v) is 5.16. The summed E-state index contributed by atoms with van der Waals surface area (Å²) in [5, 5.41) is 9.66. The van der Waals surface area contributed by atoms with Gasteiger partial charge in [0.15, 0.2) is 0 Å². The fourth-order valence-corrected chi connectivity index (χ4v) is 1.56. The monoisotopic (exact) mass is 214 g/mol. The van der Waals surface area contributed by atoms with Gasteiger partial charge in [0.25, 0.3) is 0 Å². The number of nitrogens with zero attached hydrogens (tertiary/aromatic N) is 2. The smallest absolute Gasteiger partial charge is 0.128 e. The summed E-state index contributed by atoms with van der Waals surface area (Å²) in [7, 11) is 1.95. The van der Waals surface area contributed by atoms with Gasteiger partial charge in [-0.05, 0) is 18.2 Å². The molecule has 82 valence electrons. The van der Waals surface area contributed by atoms with Crippen molar-refractivity contribution in [1.82, 2.24) is 4.98 Å². The Morgan fingerprint density at radius 1 is 1.12 bits per heavy atom. The SMILES string of the molecule is CN(Cc1ccccc1O)c1ccccn1. The lowest BCUT2D eigenvalue weighted by atomic mass is 10.2. The van der Waals surface area contributed by atoms with Crippen LogP contribution in [0.5, 0.6) is 5.75 Å². The fourth-order valence-electron chi connectivity index (χ4n) is 1.56. The van der Waals surface area contributed by atoms with E-state index in [-0.39, 0.29) is 0 Å². The van der Waals surface area contributed by atoms with Crippen LogP contribution in [0.1, 0.15) is 5.56 Å². The Morgan fingerprint density at radius 2 is 1.88 bits per heavy atom. The first-order valence-electron chi connectivity index (χ1n) is 5.16. The first kappa shape index (κ1) is 10.5. The zero-order valence-electron chi connectivity index (χ0n) is 9.17. The second kappa shape index (κ2) is 4.66. The van der Waals surface area contributed by atoms with Crippen molar-refractivity contribution in [3.8, 4) is 5.75 Å². The third-order valence-electron chi connectivity index (χ3n) is 2.44. The summed E-state index contributed by atoms with van der Waals surface area (Å²) in [4.78, 5) is 6.24. The summed E-state index contributed by atoms with van der Waals surface area (Å²) in [5.41, 5.74) is 0.899. The number of pyridine rings is 1. The standard InChI is InChI=1S/C13H14N2O/c1-15(13-8-4-5-9-14-13)10-11-6-2-3-7-12(11)16/h2-9,16H,10H2,1H3. The van der Waals surface area contributed by atoms with Crippen LogP contribution in [0.3, 0.4) is 0 Å². The number of aromatic nitrogens is 1. The molecule has 0 spiro atoms. The average Bonchev–Trinajstić information content (AvgIpc) is 2.33. The molecule has 0 unspecified atom stereocenters. The van der Waals surface area contributed by atoms with Crippen LogP contribution in [-0.2, 0) is 6.54 Å². The van der Waals surface area contributed by atoms with Gasteiger partial charge in [0.1, 0.15) is 11.6 Å². The van der Waals surface area contributed by atoms with E-state index in [0.29, 0.717) is 12.3 Å². The molecule has 1 N–H and O–H groups in total. The van der Waals surface area contributed by atoms with Crippen molar-refractivity contribution >= 4 is 5.82 Å². The molecule has 2 aromatic rings. The topological polar surface area (TPSA) is 36.4 Å². The Balaban J connectivity index is 2.14. The van der Waals surface area contributed by atoms with Gasteiger partial charge < -0.3 is 10.0 Å². The quantitative estimate of drug-likeness (QED) is 0.852. The van der Waals surface area contributed by atoms with Gasteiger partial charge >= 0.3 is 0 Å². The van der Waals surface area contributed by atoms with Crippen LogP contribution in [-0.4, -0.2) is 17.1 Å². The van der Waals surface area contributed by atoms with E-state index in [1.54, 1.807) is 12.3 Å². The van der Waals surface area contributed by atoms with Crippen molar-refractivity contribution in [2.45, 2.75) is 6.54 Å². The molecule has 3 nitrogen and oxygen atoms in total. The molecule has 2 rings (SSSR count). The van der Waals surface area contributed by atoms with Crippen molar-refractivity contribution in [3.05, 3.63) is 54.2 Å².